The Labute approximate surface area is 146 Å². The van der Waals surface area contributed by atoms with E-state index in [2.05, 4.69) is 28.7 Å². The molecule has 2 aromatic rings. The molecule has 1 saturated heterocycles. The average molecular weight is 352 g/mol. The van der Waals surface area contributed by atoms with Gasteiger partial charge < -0.3 is 9.88 Å². The van der Waals surface area contributed by atoms with Crippen LogP contribution in [0.2, 0.25) is 5.02 Å². The van der Waals surface area contributed by atoms with E-state index in [-0.39, 0.29) is 11.2 Å². The molecule has 1 aliphatic heterocycles. The van der Waals surface area contributed by atoms with Gasteiger partial charge in [-0.15, -0.1) is 0 Å². The van der Waals surface area contributed by atoms with Crippen molar-refractivity contribution in [1.29, 1.82) is 0 Å². The van der Waals surface area contributed by atoms with Gasteiger partial charge in [0, 0.05) is 17.1 Å². The largest absolute Gasteiger partial charge is 0.336 e. The number of aromatic amines is 1. The predicted molar refractivity (Wildman–Crippen MR) is 96.0 cm³/mol. The van der Waals surface area contributed by atoms with Crippen molar-refractivity contribution in [2.24, 2.45) is 0 Å². The summed E-state index contributed by atoms with van der Waals surface area (Å²) in [4.78, 5) is 22.7. The first kappa shape index (κ1) is 16.7. The number of rotatable bonds is 3. The molecule has 0 bridgehead atoms. The van der Waals surface area contributed by atoms with Crippen molar-refractivity contribution in [2.75, 3.05) is 0 Å². The van der Waals surface area contributed by atoms with E-state index in [4.69, 9.17) is 11.6 Å². The van der Waals surface area contributed by atoms with Crippen LogP contribution in [0.25, 0.3) is 11.0 Å². The molecule has 1 fully saturated rings. The van der Waals surface area contributed by atoms with Gasteiger partial charge in [0.25, 0.3) is 0 Å². The molecule has 6 heteroatoms. The lowest BCUT2D eigenvalue weighted by Gasteiger charge is -2.40. The zero-order chi connectivity index (χ0) is 16.6. The van der Waals surface area contributed by atoms with Crippen LogP contribution in [0.5, 0.6) is 0 Å². The summed E-state index contributed by atoms with van der Waals surface area (Å²) in [5, 5.41) is 1.28. The zero-order valence-electron chi connectivity index (χ0n) is 13.7. The second kappa shape index (κ2) is 6.73. The van der Waals surface area contributed by atoms with Gasteiger partial charge in [-0.05, 0) is 58.2 Å². The Kier molecular flexibility index (Phi) is 4.87. The SMILES string of the molecule is C[C@@H]1CCC[C@H](C)N1C(=O)[C@@H](C)Sc1nc2ccc(Cl)cc2[nH]1. The highest BCUT2D eigenvalue weighted by Gasteiger charge is 2.32. The number of nitrogens with zero attached hydrogens (tertiary/aromatic N) is 2. The molecule has 0 aliphatic carbocycles. The molecule has 0 unspecified atom stereocenters. The second-order valence-corrected chi connectivity index (χ2v) is 8.10. The van der Waals surface area contributed by atoms with Crippen LogP contribution in [-0.4, -0.2) is 38.1 Å². The molecule has 1 aliphatic rings. The number of imidazole rings is 1. The molecule has 2 heterocycles. The number of hydrogen-bond donors (Lipinski definition) is 1. The second-order valence-electron chi connectivity index (χ2n) is 6.34. The average Bonchev–Trinajstić information content (AvgIpc) is 2.88. The van der Waals surface area contributed by atoms with Gasteiger partial charge in [-0.1, -0.05) is 23.4 Å². The van der Waals surface area contributed by atoms with Crippen molar-refractivity contribution < 1.29 is 4.79 Å². The first-order valence-corrected chi connectivity index (χ1v) is 9.35. The molecule has 23 heavy (non-hydrogen) atoms. The van der Waals surface area contributed by atoms with Gasteiger partial charge in [0.05, 0.1) is 16.3 Å². The van der Waals surface area contributed by atoms with Gasteiger partial charge in [-0.2, -0.15) is 0 Å². The number of carbonyl (C=O) groups is 1. The molecular weight excluding hydrogens is 330 g/mol. The normalized spacial score (nSPS) is 23.2. The first-order valence-electron chi connectivity index (χ1n) is 8.10. The Morgan fingerprint density at radius 3 is 2.78 bits per heavy atom. The van der Waals surface area contributed by atoms with Crippen molar-refractivity contribution in [2.45, 2.75) is 62.5 Å². The number of nitrogens with one attached hydrogen (secondary N) is 1. The van der Waals surface area contributed by atoms with Gasteiger partial charge in [0.15, 0.2) is 5.16 Å². The summed E-state index contributed by atoms with van der Waals surface area (Å²) in [6.45, 7) is 6.25. The molecule has 1 amide bonds. The third-order valence-electron chi connectivity index (χ3n) is 4.51. The number of halogens is 1. The summed E-state index contributed by atoms with van der Waals surface area (Å²) in [7, 11) is 0. The van der Waals surface area contributed by atoms with Crippen LogP contribution in [0.15, 0.2) is 23.4 Å². The minimum absolute atomic E-state index is 0.158. The number of H-pyrrole nitrogens is 1. The number of benzene rings is 1. The van der Waals surface area contributed by atoms with Crippen molar-refractivity contribution >= 4 is 40.3 Å². The maximum absolute atomic E-state index is 12.8. The Hall–Kier alpha value is -1.20. The van der Waals surface area contributed by atoms with Crippen LogP contribution >= 0.6 is 23.4 Å². The monoisotopic (exact) mass is 351 g/mol. The highest BCUT2D eigenvalue weighted by molar-refractivity contribution is 8.00. The van der Waals surface area contributed by atoms with E-state index in [1.54, 1.807) is 0 Å². The van der Waals surface area contributed by atoms with E-state index < -0.39 is 0 Å². The van der Waals surface area contributed by atoms with E-state index >= 15 is 0 Å². The number of aromatic nitrogens is 2. The third-order valence-corrected chi connectivity index (χ3v) is 5.71. The molecular formula is C17H22ClN3OS. The number of piperidine rings is 1. The fraction of sp³-hybridized carbons (Fsp3) is 0.529. The number of thioether (sulfide) groups is 1. The lowest BCUT2D eigenvalue weighted by molar-refractivity contribution is -0.136. The van der Waals surface area contributed by atoms with Gasteiger partial charge in [-0.25, -0.2) is 4.98 Å². The number of amides is 1. The minimum atomic E-state index is -0.158. The van der Waals surface area contributed by atoms with Crippen molar-refractivity contribution in [3.05, 3.63) is 23.2 Å². The number of hydrogen-bond acceptors (Lipinski definition) is 3. The lowest BCUT2D eigenvalue weighted by Crippen LogP contribution is -2.50. The highest BCUT2D eigenvalue weighted by Crippen LogP contribution is 2.29. The zero-order valence-corrected chi connectivity index (χ0v) is 15.2. The van der Waals surface area contributed by atoms with E-state index in [0.717, 1.165) is 29.0 Å². The topological polar surface area (TPSA) is 49.0 Å². The maximum Gasteiger partial charge on any atom is 0.236 e. The van der Waals surface area contributed by atoms with E-state index in [9.17, 15) is 4.79 Å². The first-order chi connectivity index (χ1) is 11.0. The summed E-state index contributed by atoms with van der Waals surface area (Å²) in [5.74, 6) is 0.202. The van der Waals surface area contributed by atoms with Crippen molar-refractivity contribution in [3.8, 4) is 0 Å². The van der Waals surface area contributed by atoms with Crippen LogP contribution in [0.3, 0.4) is 0 Å². The predicted octanol–water partition coefficient (Wildman–Crippen LogP) is 4.49. The van der Waals surface area contributed by atoms with Gasteiger partial charge in [0.2, 0.25) is 5.91 Å². The molecule has 3 rings (SSSR count). The summed E-state index contributed by atoms with van der Waals surface area (Å²) < 4.78 is 0. The summed E-state index contributed by atoms with van der Waals surface area (Å²) in [6.07, 6.45) is 3.39. The molecule has 124 valence electrons. The molecule has 1 aromatic carbocycles. The van der Waals surface area contributed by atoms with E-state index in [0.29, 0.717) is 17.1 Å². The summed E-state index contributed by atoms with van der Waals surface area (Å²) >= 11 is 7.48. The maximum atomic E-state index is 12.8. The summed E-state index contributed by atoms with van der Waals surface area (Å²) in [6, 6.07) is 6.21. The van der Waals surface area contributed by atoms with Gasteiger partial charge >= 0.3 is 0 Å². The van der Waals surface area contributed by atoms with E-state index in [1.165, 1.54) is 18.2 Å². The molecule has 0 saturated carbocycles. The van der Waals surface area contributed by atoms with Crippen molar-refractivity contribution in [3.63, 3.8) is 0 Å². The smallest absolute Gasteiger partial charge is 0.236 e. The van der Waals surface area contributed by atoms with Gasteiger partial charge in [0.1, 0.15) is 0 Å². The standard InChI is InChI=1S/C17H22ClN3OS/c1-10-5-4-6-11(2)21(10)16(22)12(3)23-17-19-14-8-7-13(18)9-15(14)20-17/h7-12H,4-6H2,1-3H3,(H,19,20)/t10-,11+,12-/m1/s1. The number of carbonyl (C=O) groups excluding carboxylic acids is 1. The van der Waals surface area contributed by atoms with Gasteiger partial charge in [-0.3, -0.25) is 4.79 Å². The Morgan fingerprint density at radius 2 is 2.09 bits per heavy atom. The number of likely N-dealkylation sites (tertiary alicyclic amines) is 1. The third kappa shape index (κ3) is 3.50. The van der Waals surface area contributed by atoms with Crippen molar-refractivity contribution in [1.82, 2.24) is 14.9 Å². The molecule has 4 nitrogen and oxygen atoms in total. The van der Waals surface area contributed by atoms with E-state index in [1.807, 2.05) is 25.1 Å². The highest BCUT2D eigenvalue weighted by atomic mass is 35.5. The van der Waals surface area contributed by atoms with Crippen LogP contribution in [0.4, 0.5) is 0 Å². The molecule has 3 atom stereocenters. The quantitative estimate of drug-likeness (QED) is 0.829. The Bertz CT molecular complexity index is 707. The number of fused-ring (bicyclic) bond motifs is 1. The van der Waals surface area contributed by atoms with Crippen LogP contribution < -0.4 is 0 Å². The fourth-order valence-electron chi connectivity index (χ4n) is 3.30. The molecule has 1 aromatic heterocycles. The molecule has 0 spiro atoms. The van der Waals surface area contributed by atoms with Crippen LogP contribution in [0.1, 0.15) is 40.0 Å². The van der Waals surface area contributed by atoms with Crippen LogP contribution in [0, 0.1) is 0 Å². The Morgan fingerprint density at radius 1 is 1.39 bits per heavy atom. The molecule has 1 N–H and O–H groups in total. The minimum Gasteiger partial charge on any atom is -0.336 e. The Balaban J connectivity index is 1.74. The summed E-state index contributed by atoms with van der Waals surface area (Å²) in [5.41, 5.74) is 1.77. The fourth-order valence-corrected chi connectivity index (χ4v) is 4.35. The lowest BCUT2D eigenvalue weighted by atomic mass is 9.97. The molecule has 0 radical (unpaired) electrons. The van der Waals surface area contributed by atoms with Crippen LogP contribution in [-0.2, 0) is 4.79 Å².